The smallest absolute Gasteiger partial charge is 0.410 e. The summed E-state index contributed by atoms with van der Waals surface area (Å²) in [4.78, 5) is 53.4. The highest BCUT2D eigenvalue weighted by atomic mass is 16.6. The van der Waals surface area contributed by atoms with Crippen molar-refractivity contribution < 1.29 is 28.6 Å². The topological polar surface area (TPSA) is 133 Å². The molecule has 0 spiro atoms. The molecule has 1 amide bonds. The Kier molecular flexibility index (Phi) is 9.14. The van der Waals surface area contributed by atoms with Gasteiger partial charge in [-0.2, -0.15) is 0 Å². The number of amides is 1. The van der Waals surface area contributed by atoms with Crippen LogP contribution in [0.1, 0.15) is 48.5 Å². The molecule has 1 aromatic carbocycles. The van der Waals surface area contributed by atoms with Gasteiger partial charge in [0.2, 0.25) is 0 Å². The van der Waals surface area contributed by atoms with Gasteiger partial charge in [0, 0.05) is 25.7 Å². The predicted molar refractivity (Wildman–Crippen MR) is 138 cm³/mol. The van der Waals surface area contributed by atoms with Crippen LogP contribution in [0.5, 0.6) is 0 Å². The first-order valence-electron chi connectivity index (χ1n) is 12.8. The molecule has 11 nitrogen and oxygen atoms in total. The van der Waals surface area contributed by atoms with Gasteiger partial charge in [-0.05, 0) is 44.2 Å². The summed E-state index contributed by atoms with van der Waals surface area (Å²) in [5.41, 5.74) is 6.69. The third-order valence-corrected chi connectivity index (χ3v) is 6.86. The summed E-state index contributed by atoms with van der Waals surface area (Å²) < 4.78 is 18.1. The maximum atomic E-state index is 13.1. The van der Waals surface area contributed by atoms with Gasteiger partial charge in [-0.1, -0.05) is 30.3 Å². The Morgan fingerprint density at radius 3 is 2.45 bits per heavy atom. The van der Waals surface area contributed by atoms with Crippen LogP contribution < -0.4 is 11.3 Å². The van der Waals surface area contributed by atoms with E-state index in [4.69, 9.17) is 19.9 Å². The molecule has 1 aliphatic heterocycles. The highest BCUT2D eigenvalue weighted by Crippen LogP contribution is 2.23. The lowest BCUT2D eigenvalue weighted by atomic mass is 10.2. The minimum absolute atomic E-state index is 0.0361. The number of pyridine rings is 1. The summed E-state index contributed by atoms with van der Waals surface area (Å²) >= 11 is 0. The van der Waals surface area contributed by atoms with E-state index in [1.807, 2.05) is 35.2 Å². The van der Waals surface area contributed by atoms with E-state index in [-0.39, 0.29) is 56.4 Å². The van der Waals surface area contributed by atoms with Crippen LogP contribution >= 0.6 is 0 Å². The van der Waals surface area contributed by atoms with Gasteiger partial charge < -0.3 is 19.9 Å². The minimum atomic E-state index is -0.856. The van der Waals surface area contributed by atoms with Crippen molar-refractivity contribution >= 4 is 23.7 Å². The van der Waals surface area contributed by atoms with Crippen LogP contribution in [0.3, 0.4) is 0 Å². The van der Waals surface area contributed by atoms with E-state index in [0.717, 1.165) is 31.2 Å². The van der Waals surface area contributed by atoms with E-state index >= 15 is 0 Å². The molecule has 2 aliphatic rings. The third kappa shape index (κ3) is 6.78. The Morgan fingerprint density at radius 1 is 1.00 bits per heavy atom. The number of carbonyl (C=O) groups excluding carboxylic acids is 3. The summed E-state index contributed by atoms with van der Waals surface area (Å²) in [6.07, 6.45) is 2.94. The fourth-order valence-corrected chi connectivity index (χ4v) is 4.71. The van der Waals surface area contributed by atoms with Gasteiger partial charge in [-0.15, -0.1) is 0 Å². The van der Waals surface area contributed by atoms with Crippen molar-refractivity contribution in [2.75, 3.05) is 32.1 Å². The number of ether oxygens (including phenoxy) is 3. The van der Waals surface area contributed by atoms with Crippen molar-refractivity contribution in [2.24, 2.45) is 0 Å². The number of carbonyl (C=O) groups is 3. The van der Waals surface area contributed by atoms with Gasteiger partial charge >= 0.3 is 12.1 Å². The maximum absolute atomic E-state index is 13.1. The second kappa shape index (κ2) is 12.7. The molecule has 2 N–H and O–H groups in total. The highest BCUT2D eigenvalue weighted by molar-refractivity contribution is 5.98. The Hall–Kier alpha value is -3.70. The summed E-state index contributed by atoms with van der Waals surface area (Å²) in [6, 6.07) is 11.1. The van der Waals surface area contributed by atoms with E-state index < -0.39 is 23.7 Å². The monoisotopic (exact) mass is 526 g/mol. The number of nitrogens with two attached hydrogens (primary N) is 1. The van der Waals surface area contributed by atoms with Gasteiger partial charge in [0.25, 0.3) is 5.56 Å². The molecule has 1 saturated carbocycles. The molecule has 38 heavy (non-hydrogen) atoms. The zero-order valence-corrected chi connectivity index (χ0v) is 21.5. The van der Waals surface area contributed by atoms with E-state index in [9.17, 15) is 19.2 Å². The number of benzene rings is 1. The Labute approximate surface area is 221 Å². The quantitative estimate of drug-likeness (QED) is 0.386. The first-order valence-corrected chi connectivity index (χ1v) is 12.8. The van der Waals surface area contributed by atoms with Gasteiger partial charge in [0.05, 0.1) is 5.56 Å². The molecule has 4 rings (SSSR count). The Morgan fingerprint density at radius 2 is 1.74 bits per heavy atom. The molecule has 1 aromatic heterocycles. The summed E-state index contributed by atoms with van der Waals surface area (Å²) in [5, 5.41) is 0. The molecule has 0 bridgehead atoms. The third-order valence-electron chi connectivity index (χ3n) is 6.86. The van der Waals surface area contributed by atoms with Crippen molar-refractivity contribution in [3.63, 3.8) is 0 Å². The van der Waals surface area contributed by atoms with E-state index in [2.05, 4.69) is 0 Å². The molecular formula is C27H34N4O7. The van der Waals surface area contributed by atoms with Crippen molar-refractivity contribution in [1.29, 1.82) is 0 Å². The zero-order chi connectivity index (χ0) is 27.1. The van der Waals surface area contributed by atoms with Crippen LogP contribution in [0.4, 0.5) is 10.6 Å². The Balaban J connectivity index is 1.39. The van der Waals surface area contributed by atoms with Gasteiger partial charge in [0.15, 0.2) is 5.78 Å². The molecule has 204 valence electrons. The minimum Gasteiger partial charge on any atom is -0.461 e. The number of Topliss-reactive ketones (excluding diaryl/α,β-unsaturated/α-hetero) is 1. The Bertz CT molecular complexity index is 1190. The number of hydrogen-bond acceptors (Lipinski definition) is 9. The first kappa shape index (κ1) is 27.3. The lowest BCUT2D eigenvalue weighted by Gasteiger charge is -2.39. The molecule has 2 heterocycles. The average molecular weight is 527 g/mol. The summed E-state index contributed by atoms with van der Waals surface area (Å²) in [6.45, 7) is 2.23. The predicted octanol–water partition coefficient (Wildman–Crippen LogP) is 2.37. The lowest BCUT2D eigenvalue weighted by Crippen LogP contribution is -2.59. The number of nitrogen functional groups attached to an aromatic ring is 1. The molecule has 11 heteroatoms. The van der Waals surface area contributed by atoms with Crippen LogP contribution in [0, 0.1) is 0 Å². The zero-order valence-electron chi connectivity index (χ0n) is 21.5. The van der Waals surface area contributed by atoms with E-state index in [0.29, 0.717) is 6.54 Å². The maximum Gasteiger partial charge on any atom is 0.410 e. The van der Waals surface area contributed by atoms with Crippen molar-refractivity contribution in [1.82, 2.24) is 14.4 Å². The number of piperazine rings is 1. The molecule has 1 saturated heterocycles. The molecule has 2 aromatic rings. The molecule has 0 radical (unpaired) electrons. The molecule has 1 unspecified atom stereocenters. The lowest BCUT2D eigenvalue weighted by molar-refractivity contribution is -0.158. The summed E-state index contributed by atoms with van der Waals surface area (Å²) in [7, 11) is 0. The molecular weight excluding hydrogens is 492 g/mol. The first-order chi connectivity index (χ1) is 18.3. The SMILES string of the molecule is CC(=O)c1ccc(=O)n(COCN2CCN(C(=O)OCc3ccccc3)C(C(=O)OC3CCCC3)C2)c1N. The average Bonchev–Trinajstić information content (AvgIpc) is 3.42. The van der Waals surface area contributed by atoms with E-state index in [1.54, 1.807) is 0 Å². The molecule has 1 atom stereocenters. The van der Waals surface area contributed by atoms with Crippen molar-refractivity contribution in [3.8, 4) is 0 Å². The number of aromatic nitrogens is 1. The van der Waals surface area contributed by atoms with Crippen LogP contribution in [0.2, 0.25) is 0 Å². The van der Waals surface area contributed by atoms with Crippen LogP contribution in [0.25, 0.3) is 0 Å². The number of esters is 1. The van der Waals surface area contributed by atoms with Crippen LogP contribution in [0.15, 0.2) is 47.3 Å². The fraction of sp³-hybridized carbons (Fsp3) is 0.481. The molecule has 1 aliphatic carbocycles. The molecule has 2 fully saturated rings. The second-order valence-corrected chi connectivity index (χ2v) is 9.59. The normalized spacial score (nSPS) is 18.3. The van der Waals surface area contributed by atoms with Gasteiger partial charge in [0.1, 0.15) is 38.0 Å². The number of ketones is 1. The number of hydrogen-bond donors (Lipinski definition) is 1. The fourth-order valence-electron chi connectivity index (χ4n) is 4.71. The standard InChI is InChI=1S/C27H34N4O7/c1-19(32)22-11-12-24(33)31(25(22)28)18-36-17-29-13-14-30(27(35)37-16-20-7-3-2-4-8-20)23(15-29)26(34)38-21-9-5-6-10-21/h2-4,7-8,11-12,21,23H,5-6,9-10,13-18,28H2,1H3. The number of nitrogens with zero attached hydrogens (tertiary/aromatic N) is 3. The van der Waals surface area contributed by atoms with E-state index in [1.165, 1.54) is 28.5 Å². The van der Waals surface area contributed by atoms with Gasteiger partial charge in [-0.25, -0.2) is 9.59 Å². The second-order valence-electron chi connectivity index (χ2n) is 9.59. The largest absolute Gasteiger partial charge is 0.461 e. The van der Waals surface area contributed by atoms with Gasteiger partial charge in [-0.3, -0.25) is 24.0 Å². The highest BCUT2D eigenvalue weighted by Gasteiger charge is 2.38. The van der Waals surface area contributed by atoms with Crippen LogP contribution in [-0.4, -0.2) is 70.7 Å². The number of anilines is 1. The van der Waals surface area contributed by atoms with Crippen LogP contribution in [-0.2, 0) is 32.3 Å². The van der Waals surface area contributed by atoms with Crippen molar-refractivity contribution in [3.05, 3.63) is 63.9 Å². The number of rotatable bonds is 9. The summed E-state index contributed by atoms with van der Waals surface area (Å²) in [5.74, 6) is -0.683. The van der Waals surface area contributed by atoms with Crippen molar-refractivity contribution in [2.45, 2.75) is 58.1 Å².